The van der Waals surface area contributed by atoms with E-state index in [1.807, 2.05) is 0 Å². The largest absolute Gasteiger partial charge is 0.405 e. The van der Waals surface area contributed by atoms with Crippen LogP contribution in [0.2, 0.25) is 0 Å². The number of rotatable bonds is 2. The Morgan fingerprint density at radius 3 is 2.26 bits per heavy atom. The van der Waals surface area contributed by atoms with Gasteiger partial charge in [-0.05, 0) is 48.7 Å². The lowest BCUT2D eigenvalue weighted by Gasteiger charge is -2.42. The van der Waals surface area contributed by atoms with Crippen molar-refractivity contribution < 1.29 is 0 Å². The van der Waals surface area contributed by atoms with Gasteiger partial charge in [-0.2, -0.15) is 0 Å². The van der Waals surface area contributed by atoms with E-state index >= 15 is 0 Å². The Labute approximate surface area is 163 Å². The third-order valence-corrected chi connectivity index (χ3v) is 5.69. The van der Waals surface area contributed by atoms with Gasteiger partial charge in [0, 0.05) is 23.8 Å². The highest BCUT2D eigenvalue weighted by molar-refractivity contribution is 6.68. The van der Waals surface area contributed by atoms with Crippen LogP contribution in [0.1, 0.15) is 33.3 Å². The first kappa shape index (κ1) is 17.8. The van der Waals surface area contributed by atoms with E-state index in [4.69, 9.17) is 0 Å². The molecule has 27 heavy (non-hydrogen) atoms. The second-order valence-corrected chi connectivity index (χ2v) is 8.49. The quantitative estimate of drug-likeness (QED) is 0.681. The van der Waals surface area contributed by atoms with Crippen LogP contribution in [-0.2, 0) is 0 Å². The van der Waals surface area contributed by atoms with Gasteiger partial charge in [0.2, 0.25) is 0 Å². The van der Waals surface area contributed by atoms with E-state index in [2.05, 4.69) is 122 Å². The fourth-order valence-electron chi connectivity index (χ4n) is 4.19. The normalized spacial score (nSPS) is 19.4. The van der Waals surface area contributed by atoms with Crippen molar-refractivity contribution in [3.05, 3.63) is 78.5 Å². The maximum atomic E-state index is 2.44. The number of hydrogen-bond acceptors (Lipinski definition) is 3. The van der Waals surface area contributed by atoms with Gasteiger partial charge in [0.25, 0.3) is 0 Å². The first-order chi connectivity index (χ1) is 12.9. The predicted molar refractivity (Wildman–Crippen MR) is 117 cm³/mol. The van der Waals surface area contributed by atoms with Crippen LogP contribution in [0.25, 0.3) is 5.57 Å². The van der Waals surface area contributed by atoms with Gasteiger partial charge in [-0.3, -0.25) is 0 Å². The number of fused-ring (bicyclic) bond motifs is 1. The summed E-state index contributed by atoms with van der Waals surface area (Å²) in [4.78, 5) is 7.16. The number of hydrogen-bond donors (Lipinski definition) is 0. The fourth-order valence-corrected chi connectivity index (χ4v) is 4.19. The van der Waals surface area contributed by atoms with Gasteiger partial charge < -0.3 is 14.5 Å². The number of anilines is 2. The minimum atomic E-state index is 0.0986. The topological polar surface area (TPSA) is 9.72 Å². The van der Waals surface area contributed by atoms with Crippen LogP contribution in [0.3, 0.4) is 0 Å². The van der Waals surface area contributed by atoms with Crippen LogP contribution in [0.15, 0.2) is 73.0 Å². The molecule has 2 aromatic rings. The fraction of sp³-hybridized carbons (Fsp3) is 0.304. The van der Waals surface area contributed by atoms with Crippen molar-refractivity contribution in [2.24, 2.45) is 5.41 Å². The van der Waals surface area contributed by atoms with Gasteiger partial charge in [0.05, 0.1) is 6.17 Å². The molecule has 2 aliphatic heterocycles. The van der Waals surface area contributed by atoms with Gasteiger partial charge in [0.1, 0.15) is 0 Å². The molecule has 4 heteroatoms. The van der Waals surface area contributed by atoms with E-state index in [0.717, 1.165) is 0 Å². The Bertz CT molecular complexity index is 882. The van der Waals surface area contributed by atoms with Crippen molar-refractivity contribution in [2.45, 2.75) is 33.9 Å². The van der Waals surface area contributed by atoms with Crippen LogP contribution in [0.4, 0.5) is 11.4 Å². The molecule has 3 nitrogen and oxygen atoms in total. The van der Waals surface area contributed by atoms with Gasteiger partial charge in [-0.25, -0.2) is 0 Å². The highest BCUT2D eigenvalue weighted by Gasteiger charge is 2.39. The highest BCUT2D eigenvalue weighted by Crippen LogP contribution is 2.43. The molecule has 0 N–H and O–H groups in total. The molecule has 0 spiro atoms. The molecule has 0 fully saturated rings. The molecule has 0 radical (unpaired) electrons. The minimum Gasteiger partial charge on any atom is -0.395 e. The first-order valence-corrected chi connectivity index (χ1v) is 9.71. The standard InChI is InChI=1S/C23H28BN3/c1-18-26(19-11-7-6-8-12-19)15-16-27(18)24-17-21(23(2,3)4)20-13-9-10-14-22(20)25(24)5/h6-18H,1-5H3/t18-/m0/s1. The van der Waals surface area contributed by atoms with Crippen LogP contribution >= 0.6 is 0 Å². The molecule has 0 aromatic heterocycles. The van der Waals surface area contributed by atoms with Crippen molar-refractivity contribution in [3.8, 4) is 0 Å². The molecular formula is C23H28BN3. The summed E-state index contributed by atoms with van der Waals surface area (Å²) in [5.41, 5.74) is 5.39. The monoisotopic (exact) mass is 357 g/mol. The van der Waals surface area contributed by atoms with Crippen molar-refractivity contribution in [3.63, 3.8) is 0 Å². The second kappa shape index (κ2) is 6.52. The Morgan fingerprint density at radius 1 is 0.889 bits per heavy atom. The summed E-state index contributed by atoms with van der Waals surface area (Å²) < 4.78 is 0. The van der Waals surface area contributed by atoms with Gasteiger partial charge in [-0.1, -0.05) is 63.1 Å². The summed E-state index contributed by atoms with van der Waals surface area (Å²) in [6, 6.07) is 19.4. The lowest BCUT2D eigenvalue weighted by Crippen LogP contribution is -2.54. The maximum absolute atomic E-state index is 2.44. The summed E-state index contributed by atoms with van der Waals surface area (Å²) in [7, 11) is 2.20. The minimum absolute atomic E-state index is 0.0986. The van der Waals surface area contributed by atoms with E-state index in [0.29, 0.717) is 0 Å². The zero-order valence-corrected chi connectivity index (χ0v) is 16.9. The van der Waals surface area contributed by atoms with E-state index in [1.54, 1.807) is 0 Å². The molecule has 0 amide bonds. The third kappa shape index (κ3) is 3.03. The van der Waals surface area contributed by atoms with Crippen molar-refractivity contribution in [2.75, 3.05) is 16.8 Å². The summed E-state index contributed by atoms with van der Waals surface area (Å²) >= 11 is 0. The molecule has 0 saturated heterocycles. The molecule has 2 aliphatic rings. The summed E-state index contributed by atoms with van der Waals surface area (Å²) in [6.45, 7) is 9.37. The molecule has 4 rings (SSSR count). The number of benzene rings is 2. The Balaban J connectivity index is 1.71. The summed E-state index contributed by atoms with van der Waals surface area (Å²) in [5, 5.41) is 0. The van der Waals surface area contributed by atoms with Crippen LogP contribution in [0, 0.1) is 5.41 Å². The van der Waals surface area contributed by atoms with Gasteiger partial charge >= 0.3 is 6.98 Å². The van der Waals surface area contributed by atoms with E-state index in [-0.39, 0.29) is 18.6 Å². The number of nitrogens with zero attached hydrogens (tertiary/aromatic N) is 3. The average molecular weight is 357 g/mol. The van der Waals surface area contributed by atoms with Crippen molar-refractivity contribution in [1.29, 1.82) is 0 Å². The van der Waals surface area contributed by atoms with E-state index < -0.39 is 0 Å². The number of para-hydroxylation sites is 2. The molecule has 0 unspecified atom stereocenters. The van der Waals surface area contributed by atoms with Crippen molar-refractivity contribution >= 4 is 23.9 Å². The SMILES string of the molecule is C[C@@H]1N(B2C=C(C(C)(C)C)c3ccccc3N2C)C=CN1c1ccccc1. The lowest BCUT2D eigenvalue weighted by molar-refractivity contribution is 0.476. The third-order valence-electron chi connectivity index (χ3n) is 5.69. The van der Waals surface area contributed by atoms with Gasteiger partial charge in [-0.15, -0.1) is 0 Å². The Hall–Kier alpha value is -2.62. The summed E-state index contributed by atoms with van der Waals surface area (Å²) in [6.07, 6.45) is 4.67. The predicted octanol–water partition coefficient (Wildman–Crippen LogP) is 5.23. The highest BCUT2D eigenvalue weighted by atomic mass is 15.4. The summed E-state index contributed by atoms with van der Waals surface area (Å²) in [5.74, 6) is 2.44. The molecule has 1 atom stereocenters. The molecule has 0 bridgehead atoms. The average Bonchev–Trinajstić information content (AvgIpc) is 3.03. The molecule has 0 saturated carbocycles. The van der Waals surface area contributed by atoms with Crippen molar-refractivity contribution in [1.82, 2.24) is 4.81 Å². The zero-order valence-electron chi connectivity index (χ0n) is 16.9. The Kier molecular flexibility index (Phi) is 4.30. The van der Waals surface area contributed by atoms with Crippen LogP contribution in [0.5, 0.6) is 0 Å². The molecule has 138 valence electrons. The molecule has 2 heterocycles. The Morgan fingerprint density at radius 2 is 1.56 bits per heavy atom. The maximum Gasteiger partial charge on any atom is 0.405 e. The van der Waals surface area contributed by atoms with E-state index in [1.165, 1.54) is 22.5 Å². The van der Waals surface area contributed by atoms with E-state index in [9.17, 15) is 0 Å². The first-order valence-electron chi connectivity index (χ1n) is 9.71. The lowest BCUT2D eigenvalue weighted by atomic mass is 9.62. The van der Waals surface area contributed by atoms with Crippen LogP contribution in [-0.4, -0.2) is 25.0 Å². The molecule has 2 aromatic carbocycles. The number of allylic oxidation sites excluding steroid dienone is 1. The van der Waals surface area contributed by atoms with Gasteiger partial charge in [0.15, 0.2) is 0 Å². The van der Waals surface area contributed by atoms with Crippen LogP contribution < -0.4 is 9.71 Å². The second-order valence-electron chi connectivity index (χ2n) is 8.49. The molecular weight excluding hydrogens is 329 g/mol. The molecule has 0 aliphatic carbocycles. The zero-order chi connectivity index (χ0) is 19.2. The smallest absolute Gasteiger partial charge is 0.395 e.